The second kappa shape index (κ2) is 13.7. The summed E-state index contributed by atoms with van der Waals surface area (Å²) in [7, 11) is 0. The van der Waals surface area contributed by atoms with Crippen LogP contribution >= 0.6 is 0 Å². The molecule has 2 aliphatic rings. The standard InChI is InChI=1S/C32H33F5N2O5/c1-17-23(14-39-12-2-3-22(39)16-41)43-32(44-30(17)20-8-6-19(15-40)7-9-20)21-10-4-18(5-11-21)13-38-31(42)24-25(33)27(35)29(37)28(36)26(24)34/h4-11,17,22-23,30,32,40-41H,2-3,12-16H2,1H3,(H,38,42). The van der Waals surface area contributed by atoms with Gasteiger partial charge >= 0.3 is 0 Å². The third-order valence-corrected chi connectivity index (χ3v) is 8.39. The number of ether oxygens (including phenoxy) is 2. The first-order valence-corrected chi connectivity index (χ1v) is 14.4. The van der Waals surface area contributed by atoms with Crippen LogP contribution in [0.4, 0.5) is 22.0 Å². The summed E-state index contributed by atoms with van der Waals surface area (Å²) in [6.07, 6.45) is 0.531. The first kappa shape index (κ1) is 32.0. The van der Waals surface area contributed by atoms with Gasteiger partial charge in [-0.3, -0.25) is 9.69 Å². The average molecular weight is 621 g/mol. The van der Waals surface area contributed by atoms with Gasteiger partial charge in [-0.2, -0.15) is 0 Å². The molecular formula is C32H33F5N2O5. The van der Waals surface area contributed by atoms with Gasteiger partial charge in [-0.1, -0.05) is 55.5 Å². The molecule has 2 fully saturated rings. The van der Waals surface area contributed by atoms with E-state index in [2.05, 4.69) is 10.2 Å². The maximum atomic E-state index is 14.0. The van der Waals surface area contributed by atoms with E-state index in [0.717, 1.165) is 30.5 Å². The van der Waals surface area contributed by atoms with Crippen molar-refractivity contribution in [3.8, 4) is 0 Å². The predicted molar refractivity (Wildman–Crippen MR) is 148 cm³/mol. The second-order valence-electron chi connectivity index (χ2n) is 11.2. The molecule has 0 saturated carbocycles. The number of amides is 1. The van der Waals surface area contributed by atoms with Gasteiger partial charge in [0.1, 0.15) is 5.56 Å². The van der Waals surface area contributed by atoms with Crippen molar-refractivity contribution >= 4 is 5.91 Å². The molecule has 2 heterocycles. The van der Waals surface area contributed by atoms with Gasteiger partial charge in [0.15, 0.2) is 29.6 Å². The Hall–Kier alpha value is -3.42. The van der Waals surface area contributed by atoms with E-state index in [1.165, 1.54) is 0 Å². The second-order valence-corrected chi connectivity index (χ2v) is 11.2. The molecule has 236 valence electrons. The molecule has 5 unspecified atom stereocenters. The van der Waals surface area contributed by atoms with Crippen LogP contribution in [0.2, 0.25) is 0 Å². The van der Waals surface area contributed by atoms with Crippen LogP contribution in [-0.4, -0.2) is 52.9 Å². The topological polar surface area (TPSA) is 91.3 Å². The predicted octanol–water partition coefficient (Wildman–Crippen LogP) is 5.05. The minimum atomic E-state index is -2.34. The summed E-state index contributed by atoms with van der Waals surface area (Å²) >= 11 is 0. The summed E-state index contributed by atoms with van der Waals surface area (Å²) in [6.45, 7) is 3.23. The lowest BCUT2D eigenvalue weighted by Gasteiger charge is -2.43. The molecule has 0 aromatic heterocycles. The molecule has 5 rings (SSSR count). The normalized spacial score (nSPS) is 24.0. The molecule has 7 nitrogen and oxygen atoms in total. The summed E-state index contributed by atoms with van der Waals surface area (Å²) in [6, 6.07) is 14.2. The van der Waals surface area contributed by atoms with Crippen LogP contribution in [-0.2, 0) is 22.6 Å². The van der Waals surface area contributed by atoms with Crippen molar-refractivity contribution in [3.63, 3.8) is 0 Å². The largest absolute Gasteiger partial charge is 0.395 e. The third-order valence-electron chi connectivity index (χ3n) is 8.39. The number of hydrogen-bond donors (Lipinski definition) is 3. The Labute approximate surface area is 251 Å². The molecule has 12 heteroatoms. The van der Waals surface area contributed by atoms with Crippen molar-refractivity contribution in [2.75, 3.05) is 19.7 Å². The van der Waals surface area contributed by atoms with Crippen LogP contribution < -0.4 is 5.32 Å². The van der Waals surface area contributed by atoms with Gasteiger partial charge in [0.05, 0.1) is 25.4 Å². The smallest absolute Gasteiger partial charge is 0.257 e. The van der Waals surface area contributed by atoms with Crippen LogP contribution in [0.25, 0.3) is 0 Å². The maximum Gasteiger partial charge on any atom is 0.257 e. The van der Waals surface area contributed by atoms with E-state index >= 15 is 0 Å². The third kappa shape index (κ3) is 6.50. The summed E-state index contributed by atoms with van der Waals surface area (Å²) in [5.41, 5.74) is 1.29. The van der Waals surface area contributed by atoms with E-state index in [4.69, 9.17) is 9.47 Å². The van der Waals surface area contributed by atoms with Gasteiger partial charge in [0.25, 0.3) is 5.91 Å². The molecule has 3 N–H and O–H groups in total. The molecule has 5 atom stereocenters. The Balaban J connectivity index is 1.32. The fourth-order valence-corrected chi connectivity index (χ4v) is 5.77. The number of aliphatic hydroxyl groups is 2. The fraction of sp³-hybridized carbons (Fsp3) is 0.406. The molecule has 0 radical (unpaired) electrons. The highest BCUT2D eigenvalue weighted by Crippen LogP contribution is 2.42. The summed E-state index contributed by atoms with van der Waals surface area (Å²) < 4.78 is 81.3. The zero-order valence-corrected chi connectivity index (χ0v) is 23.9. The molecule has 2 saturated heterocycles. The van der Waals surface area contributed by atoms with Crippen molar-refractivity contribution in [1.82, 2.24) is 10.2 Å². The van der Waals surface area contributed by atoms with Crippen LogP contribution in [0.15, 0.2) is 48.5 Å². The Morgan fingerprint density at radius 1 is 0.864 bits per heavy atom. The van der Waals surface area contributed by atoms with Crippen molar-refractivity contribution < 1.29 is 46.4 Å². The maximum absolute atomic E-state index is 14.0. The highest BCUT2D eigenvalue weighted by atomic mass is 19.2. The van der Waals surface area contributed by atoms with Gasteiger partial charge in [-0.05, 0) is 36.1 Å². The van der Waals surface area contributed by atoms with E-state index < -0.39 is 46.8 Å². The zero-order chi connectivity index (χ0) is 31.5. The minimum absolute atomic E-state index is 0.0532. The van der Waals surface area contributed by atoms with Gasteiger partial charge in [-0.15, -0.1) is 0 Å². The lowest BCUT2D eigenvalue weighted by molar-refractivity contribution is -0.276. The average Bonchev–Trinajstić information content (AvgIpc) is 3.50. The van der Waals surface area contributed by atoms with E-state index in [0.29, 0.717) is 17.7 Å². The number of aliphatic hydroxyl groups excluding tert-OH is 2. The number of likely N-dealkylation sites (tertiary alicyclic amines) is 1. The molecule has 3 aromatic carbocycles. The Morgan fingerprint density at radius 3 is 2.07 bits per heavy atom. The van der Waals surface area contributed by atoms with Crippen molar-refractivity contribution in [2.45, 2.75) is 57.5 Å². The molecule has 0 spiro atoms. The fourth-order valence-electron chi connectivity index (χ4n) is 5.77. The monoisotopic (exact) mass is 620 g/mol. The molecule has 0 aliphatic carbocycles. The van der Waals surface area contributed by atoms with Crippen LogP contribution in [0.3, 0.4) is 0 Å². The quantitative estimate of drug-likeness (QED) is 0.176. The zero-order valence-electron chi connectivity index (χ0n) is 23.9. The van der Waals surface area contributed by atoms with Gasteiger partial charge in [0, 0.05) is 30.6 Å². The van der Waals surface area contributed by atoms with E-state index in [1.807, 2.05) is 31.2 Å². The first-order chi connectivity index (χ1) is 21.1. The highest BCUT2D eigenvalue weighted by Gasteiger charge is 2.40. The molecule has 1 amide bonds. The number of rotatable bonds is 9. The van der Waals surface area contributed by atoms with Crippen LogP contribution in [0.1, 0.15) is 64.8 Å². The van der Waals surface area contributed by atoms with Crippen molar-refractivity contribution in [3.05, 3.63) is 105 Å². The number of halogens is 5. The number of carbonyl (C=O) groups excluding carboxylic acids is 1. The van der Waals surface area contributed by atoms with Crippen LogP contribution in [0.5, 0.6) is 0 Å². The Bertz CT molecular complexity index is 1440. The van der Waals surface area contributed by atoms with E-state index in [-0.39, 0.29) is 43.9 Å². The van der Waals surface area contributed by atoms with Gasteiger partial charge < -0.3 is 25.0 Å². The molecule has 0 bridgehead atoms. The Kier molecular flexibility index (Phi) is 9.96. The molecule has 44 heavy (non-hydrogen) atoms. The number of carbonyl (C=O) groups is 1. The van der Waals surface area contributed by atoms with E-state index in [1.54, 1.807) is 24.3 Å². The van der Waals surface area contributed by atoms with E-state index in [9.17, 15) is 37.0 Å². The summed E-state index contributed by atoms with van der Waals surface area (Å²) in [5.74, 6) is -12.6. The number of hydrogen-bond acceptors (Lipinski definition) is 6. The number of benzene rings is 3. The minimum Gasteiger partial charge on any atom is -0.395 e. The molecule has 2 aliphatic heterocycles. The number of nitrogens with zero attached hydrogens (tertiary/aromatic N) is 1. The lowest BCUT2D eigenvalue weighted by Crippen LogP contribution is -2.46. The molecule has 3 aromatic rings. The molecular weight excluding hydrogens is 587 g/mol. The first-order valence-electron chi connectivity index (χ1n) is 14.4. The van der Waals surface area contributed by atoms with Crippen molar-refractivity contribution in [1.29, 1.82) is 0 Å². The van der Waals surface area contributed by atoms with Crippen LogP contribution in [0, 0.1) is 35.0 Å². The summed E-state index contributed by atoms with van der Waals surface area (Å²) in [5, 5.41) is 21.5. The Morgan fingerprint density at radius 2 is 1.45 bits per heavy atom. The van der Waals surface area contributed by atoms with Gasteiger partial charge in [-0.25, -0.2) is 22.0 Å². The highest BCUT2D eigenvalue weighted by molar-refractivity contribution is 5.94. The van der Waals surface area contributed by atoms with Crippen molar-refractivity contribution in [2.24, 2.45) is 5.92 Å². The summed E-state index contributed by atoms with van der Waals surface area (Å²) in [4.78, 5) is 14.6. The van der Waals surface area contributed by atoms with Gasteiger partial charge in [0.2, 0.25) is 5.82 Å². The number of nitrogens with one attached hydrogen (secondary N) is 1. The SMILES string of the molecule is CC1C(CN2CCCC2CO)OC(c2ccc(CNC(=O)c3c(F)c(F)c(F)c(F)c3F)cc2)OC1c1ccc(CO)cc1. The lowest BCUT2D eigenvalue weighted by atomic mass is 9.90.